The Bertz CT molecular complexity index is 832. The minimum absolute atomic E-state index is 0.244. The van der Waals surface area contributed by atoms with Gasteiger partial charge in [0, 0.05) is 11.4 Å². The van der Waals surface area contributed by atoms with Gasteiger partial charge in [0.15, 0.2) is 6.61 Å². The fourth-order valence-corrected chi connectivity index (χ4v) is 4.87. The molecule has 3 amide bonds. The van der Waals surface area contributed by atoms with Gasteiger partial charge in [0.2, 0.25) is 11.8 Å². The Morgan fingerprint density at radius 1 is 1.17 bits per heavy atom. The number of hydrogen-bond donors (Lipinski definition) is 1. The summed E-state index contributed by atoms with van der Waals surface area (Å²) < 4.78 is 5.21. The Hall–Kier alpha value is -2.35. The van der Waals surface area contributed by atoms with Crippen LogP contribution in [-0.4, -0.2) is 53.2 Å². The fraction of sp³-hybridized carbons (Fsp3) is 0.545. The summed E-state index contributed by atoms with van der Waals surface area (Å²) in [5, 5.41) is 2.72. The van der Waals surface area contributed by atoms with Crippen LogP contribution in [0.4, 0.5) is 5.69 Å². The van der Waals surface area contributed by atoms with Gasteiger partial charge in [-0.3, -0.25) is 19.3 Å². The molecule has 0 bridgehead atoms. The predicted octanol–water partition coefficient (Wildman–Crippen LogP) is 2.69. The summed E-state index contributed by atoms with van der Waals surface area (Å²) in [6, 6.07) is 4.62. The zero-order valence-electron chi connectivity index (χ0n) is 17.6. The molecule has 162 valence electrons. The number of imide groups is 1. The van der Waals surface area contributed by atoms with Gasteiger partial charge in [0.25, 0.3) is 5.91 Å². The molecule has 2 aliphatic rings. The molecule has 2 fully saturated rings. The molecule has 1 saturated carbocycles. The van der Waals surface area contributed by atoms with Crippen LogP contribution in [0.3, 0.4) is 0 Å². The lowest BCUT2D eigenvalue weighted by Gasteiger charge is -2.24. The number of carbonyl (C=O) groups is 4. The van der Waals surface area contributed by atoms with Crippen molar-refractivity contribution < 1.29 is 23.9 Å². The van der Waals surface area contributed by atoms with Crippen LogP contribution >= 0.6 is 11.8 Å². The number of ether oxygens (including phenoxy) is 1. The van der Waals surface area contributed by atoms with E-state index in [9.17, 15) is 19.2 Å². The number of amides is 3. The molecule has 1 aliphatic heterocycles. The standard InChI is InChI=1S/C22H28N2O5S/c1-13-8-9-17(14(2)10-13)23-19(25)11-29-22(28)18(12-30-3)24-20(26)15-6-4-5-7-16(15)21(24)27/h8-10,15-16,18H,4-7,11-12H2,1-3H3,(H,23,25)/t15-,16-,18+/m0/s1. The summed E-state index contributed by atoms with van der Waals surface area (Å²) >= 11 is 1.35. The molecule has 7 nitrogen and oxygen atoms in total. The molecule has 0 radical (unpaired) electrons. The Kier molecular flexibility index (Phi) is 7.18. The van der Waals surface area contributed by atoms with Crippen LogP contribution in [0.5, 0.6) is 0 Å². The van der Waals surface area contributed by atoms with E-state index < -0.39 is 24.5 Å². The van der Waals surface area contributed by atoms with Gasteiger partial charge in [0.1, 0.15) is 6.04 Å². The van der Waals surface area contributed by atoms with Crippen LogP contribution in [0.15, 0.2) is 18.2 Å². The molecular formula is C22H28N2O5S. The highest BCUT2D eigenvalue weighted by Gasteiger charge is 2.52. The molecule has 0 unspecified atom stereocenters. The second-order valence-electron chi connectivity index (χ2n) is 7.99. The van der Waals surface area contributed by atoms with Crippen LogP contribution in [-0.2, 0) is 23.9 Å². The summed E-state index contributed by atoms with van der Waals surface area (Å²) in [6.07, 6.45) is 5.01. The summed E-state index contributed by atoms with van der Waals surface area (Å²) in [7, 11) is 0. The topological polar surface area (TPSA) is 92.8 Å². The number of thioether (sulfide) groups is 1. The molecule has 1 saturated heterocycles. The number of hydrogen-bond acceptors (Lipinski definition) is 6. The average Bonchev–Trinajstić information content (AvgIpc) is 2.97. The molecule has 3 atom stereocenters. The SMILES string of the molecule is CSC[C@H](C(=O)OCC(=O)Nc1ccc(C)cc1C)N1C(=O)[C@H]2CCCC[C@@H]2C1=O. The highest BCUT2D eigenvalue weighted by molar-refractivity contribution is 7.98. The Labute approximate surface area is 180 Å². The van der Waals surface area contributed by atoms with Gasteiger partial charge in [-0.1, -0.05) is 30.5 Å². The predicted molar refractivity (Wildman–Crippen MR) is 115 cm³/mol. The third-order valence-electron chi connectivity index (χ3n) is 5.79. The van der Waals surface area contributed by atoms with Crippen molar-refractivity contribution in [3.05, 3.63) is 29.3 Å². The lowest BCUT2D eigenvalue weighted by molar-refractivity contribution is -0.158. The molecule has 0 aromatic heterocycles. The zero-order chi connectivity index (χ0) is 21.8. The fourth-order valence-electron chi connectivity index (χ4n) is 4.27. The maximum atomic E-state index is 12.8. The lowest BCUT2D eigenvalue weighted by Crippen LogP contribution is -2.48. The minimum Gasteiger partial charge on any atom is -0.454 e. The number of fused-ring (bicyclic) bond motifs is 1. The van der Waals surface area contributed by atoms with E-state index in [2.05, 4.69) is 5.32 Å². The molecule has 1 aromatic rings. The third kappa shape index (κ3) is 4.69. The molecule has 3 rings (SSSR count). The first-order valence-electron chi connectivity index (χ1n) is 10.2. The summed E-state index contributed by atoms with van der Waals surface area (Å²) in [4.78, 5) is 51.7. The maximum absolute atomic E-state index is 12.8. The highest BCUT2D eigenvalue weighted by atomic mass is 32.2. The molecule has 1 heterocycles. The van der Waals surface area contributed by atoms with Crippen molar-refractivity contribution in [2.75, 3.05) is 23.9 Å². The van der Waals surface area contributed by atoms with E-state index in [1.807, 2.05) is 26.0 Å². The molecule has 30 heavy (non-hydrogen) atoms. The van der Waals surface area contributed by atoms with Crippen molar-refractivity contribution in [2.45, 2.75) is 45.6 Å². The second-order valence-corrected chi connectivity index (χ2v) is 8.90. The number of aryl methyl sites for hydroxylation is 2. The molecule has 1 aliphatic carbocycles. The van der Waals surface area contributed by atoms with E-state index in [0.29, 0.717) is 18.5 Å². The van der Waals surface area contributed by atoms with E-state index in [4.69, 9.17) is 4.74 Å². The normalized spacial score (nSPS) is 21.9. The van der Waals surface area contributed by atoms with Crippen molar-refractivity contribution in [3.63, 3.8) is 0 Å². The first-order chi connectivity index (χ1) is 14.3. The summed E-state index contributed by atoms with van der Waals surface area (Å²) in [5.41, 5.74) is 2.64. The van der Waals surface area contributed by atoms with Crippen molar-refractivity contribution in [3.8, 4) is 0 Å². The quantitative estimate of drug-likeness (QED) is 0.526. The first kappa shape index (κ1) is 22.3. The molecule has 1 aromatic carbocycles. The van der Waals surface area contributed by atoms with Gasteiger partial charge in [-0.05, 0) is 44.6 Å². The number of benzene rings is 1. The van der Waals surface area contributed by atoms with Crippen LogP contribution in [0, 0.1) is 25.7 Å². The van der Waals surface area contributed by atoms with Gasteiger partial charge in [-0.2, -0.15) is 11.8 Å². The highest BCUT2D eigenvalue weighted by Crippen LogP contribution is 2.39. The third-order valence-corrected chi connectivity index (χ3v) is 6.43. The molecule has 1 N–H and O–H groups in total. The second kappa shape index (κ2) is 9.64. The maximum Gasteiger partial charge on any atom is 0.330 e. The largest absolute Gasteiger partial charge is 0.454 e. The van der Waals surface area contributed by atoms with E-state index in [1.165, 1.54) is 11.8 Å². The van der Waals surface area contributed by atoms with Crippen LogP contribution in [0.1, 0.15) is 36.8 Å². The number of nitrogens with zero attached hydrogens (tertiary/aromatic N) is 1. The van der Waals surface area contributed by atoms with Gasteiger partial charge in [-0.25, -0.2) is 4.79 Å². The Morgan fingerprint density at radius 3 is 2.37 bits per heavy atom. The van der Waals surface area contributed by atoms with E-state index >= 15 is 0 Å². The minimum atomic E-state index is -1.00. The van der Waals surface area contributed by atoms with Crippen LogP contribution in [0.25, 0.3) is 0 Å². The van der Waals surface area contributed by atoms with Gasteiger partial charge >= 0.3 is 5.97 Å². The number of nitrogens with one attached hydrogen (secondary N) is 1. The van der Waals surface area contributed by atoms with Crippen molar-refractivity contribution in [1.82, 2.24) is 4.90 Å². The van der Waals surface area contributed by atoms with E-state index in [1.54, 1.807) is 12.3 Å². The van der Waals surface area contributed by atoms with Crippen molar-refractivity contribution >= 4 is 41.1 Å². The number of anilines is 1. The van der Waals surface area contributed by atoms with E-state index in [0.717, 1.165) is 28.9 Å². The van der Waals surface area contributed by atoms with Crippen LogP contribution < -0.4 is 5.32 Å². The Morgan fingerprint density at radius 2 is 1.80 bits per heavy atom. The van der Waals surface area contributed by atoms with Crippen molar-refractivity contribution in [1.29, 1.82) is 0 Å². The Balaban J connectivity index is 1.63. The number of rotatable bonds is 7. The first-order valence-corrected chi connectivity index (χ1v) is 11.6. The van der Waals surface area contributed by atoms with Crippen LogP contribution in [0.2, 0.25) is 0 Å². The van der Waals surface area contributed by atoms with Crippen molar-refractivity contribution in [2.24, 2.45) is 11.8 Å². The molecule has 8 heteroatoms. The molecular weight excluding hydrogens is 404 g/mol. The van der Waals surface area contributed by atoms with E-state index in [-0.39, 0.29) is 29.4 Å². The zero-order valence-corrected chi connectivity index (χ0v) is 18.4. The summed E-state index contributed by atoms with van der Waals surface area (Å²) in [5.74, 6) is -2.14. The molecule has 0 spiro atoms. The number of likely N-dealkylation sites (tertiary alicyclic amines) is 1. The summed E-state index contributed by atoms with van der Waals surface area (Å²) in [6.45, 7) is 3.37. The van der Waals surface area contributed by atoms with Gasteiger partial charge in [0.05, 0.1) is 11.8 Å². The number of esters is 1. The lowest BCUT2D eigenvalue weighted by atomic mass is 9.81. The number of carbonyl (C=O) groups excluding carboxylic acids is 4. The monoisotopic (exact) mass is 432 g/mol. The van der Waals surface area contributed by atoms with Gasteiger partial charge in [-0.15, -0.1) is 0 Å². The smallest absolute Gasteiger partial charge is 0.330 e. The average molecular weight is 433 g/mol. The van der Waals surface area contributed by atoms with Gasteiger partial charge < -0.3 is 10.1 Å².